The fraction of sp³-hybridized carbons (Fsp3) is 0.583. The lowest BCUT2D eigenvalue weighted by Crippen LogP contribution is -2.33. The molecule has 184 valence electrons. The number of hydrogen-bond acceptors (Lipinski definition) is 7. The van der Waals surface area contributed by atoms with Crippen molar-refractivity contribution in [3.05, 3.63) is 34.9 Å². The van der Waals surface area contributed by atoms with Crippen LogP contribution in [0.2, 0.25) is 0 Å². The van der Waals surface area contributed by atoms with Crippen molar-refractivity contribution in [3.63, 3.8) is 0 Å². The van der Waals surface area contributed by atoms with Crippen molar-refractivity contribution in [1.29, 1.82) is 0 Å². The third-order valence-electron chi connectivity index (χ3n) is 4.60. The molecule has 1 aromatic rings. The van der Waals surface area contributed by atoms with E-state index in [2.05, 4.69) is 5.32 Å². The van der Waals surface area contributed by atoms with E-state index in [0.717, 1.165) is 0 Å². The van der Waals surface area contributed by atoms with E-state index in [0.29, 0.717) is 11.1 Å². The Balaban J connectivity index is 3.32. The molecule has 0 fully saturated rings. The predicted molar refractivity (Wildman–Crippen MR) is 121 cm³/mol. The minimum Gasteiger partial charge on any atom is -0.481 e. The quantitative estimate of drug-likeness (QED) is 0.439. The second-order valence-corrected chi connectivity index (χ2v) is 9.80. The predicted octanol–water partition coefficient (Wildman–Crippen LogP) is 3.72. The zero-order valence-corrected chi connectivity index (χ0v) is 20.6. The van der Waals surface area contributed by atoms with Crippen molar-refractivity contribution < 1.29 is 38.5 Å². The molecule has 9 nitrogen and oxygen atoms in total. The molecular weight excluding hydrogens is 430 g/mol. The number of carbonyl (C=O) groups is 4. The Labute approximate surface area is 194 Å². The van der Waals surface area contributed by atoms with Crippen LogP contribution in [0.25, 0.3) is 0 Å². The number of rotatable bonds is 8. The molecule has 33 heavy (non-hydrogen) atoms. The van der Waals surface area contributed by atoms with Gasteiger partial charge in [0, 0.05) is 6.54 Å². The Morgan fingerprint density at radius 2 is 1.55 bits per heavy atom. The van der Waals surface area contributed by atoms with Gasteiger partial charge in [-0.15, -0.1) is 0 Å². The molecular formula is C24H35NO8. The zero-order chi connectivity index (χ0) is 25.6. The summed E-state index contributed by atoms with van der Waals surface area (Å²) in [6.07, 6.45) is -0.643. The molecule has 0 aliphatic rings. The van der Waals surface area contributed by atoms with Crippen LogP contribution in [-0.2, 0) is 36.8 Å². The Bertz CT molecular complexity index is 879. The summed E-state index contributed by atoms with van der Waals surface area (Å²) in [6.45, 7) is 11.9. The van der Waals surface area contributed by atoms with Gasteiger partial charge in [-0.1, -0.05) is 13.0 Å². The summed E-state index contributed by atoms with van der Waals surface area (Å²) in [5, 5.41) is 12.1. The molecule has 2 N–H and O–H groups in total. The highest BCUT2D eigenvalue weighted by Gasteiger charge is 2.32. The van der Waals surface area contributed by atoms with Crippen LogP contribution < -0.4 is 5.32 Å². The SMILES string of the molecule is COC(=O)C(Cc1cc(C(=O)OC(C)(C)C)ccc1CNC(=O)OC(C)(C)C)C(C)C(=O)O. The Kier molecular flexibility index (Phi) is 9.45. The van der Waals surface area contributed by atoms with Crippen LogP contribution in [0.5, 0.6) is 0 Å². The summed E-state index contributed by atoms with van der Waals surface area (Å²) in [6, 6.07) is 4.73. The molecule has 9 heteroatoms. The number of carboxylic acid groups (broad SMARTS) is 1. The maximum atomic E-state index is 12.6. The highest BCUT2D eigenvalue weighted by Crippen LogP contribution is 2.24. The van der Waals surface area contributed by atoms with Crippen molar-refractivity contribution in [2.24, 2.45) is 11.8 Å². The third-order valence-corrected chi connectivity index (χ3v) is 4.60. The van der Waals surface area contributed by atoms with Gasteiger partial charge in [0.25, 0.3) is 0 Å². The van der Waals surface area contributed by atoms with E-state index in [1.54, 1.807) is 59.7 Å². The number of aliphatic carboxylic acids is 1. The molecule has 0 spiro atoms. The van der Waals surface area contributed by atoms with Crippen molar-refractivity contribution in [1.82, 2.24) is 5.32 Å². The lowest BCUT2D eigenvalue weighted by Gasteiger charge is -2.23. The number of benzene rings is 1. The van der Waals surface area contributed by atoms with Gasteiger partial charge < -0.3 is 24.6 Å². The van der Waals surface area contributed by atoms with E-state index >= 15 is 0 Å². The molecule has 1 rings (SSSR count). The van der Waals surface area contributed by atoms with E-state index < -0.39 is 47.0 Å². The fourth-order valence-electron chi connectivity index (χ4n) is 2.96. The highest BCUT2D eigenvalue weighted by molar-refractivity contribution is 5.90. The first-order chi connectivity index (χ1) is 15.0. The number of ether oxygens (including phenoxy) is 3. The van der Waals surface area contributed by atoms with Crippen LogP contribution in [0.1, 0.15) is 70.0 Å². The number of amides is 1. The minimum absolute atomic E-state index is 0.0118. The maximum absolute atomic E-state index is 12.6. The van der Waals surface area contributed by atoms with Gasteiger partial charge in [-0.25, -0.2) is 9.59 Å². The van der Waals surface area contributed by atoms with E-state index in [1.165, 1.54) is 14.0 Å². The van der Waals surface area contributed by atoms with Gasteiger partial charge in [0.05, 0.1) is 24.5 Å². The largest absolute Gasteiger partial charge is 0.481 e. The summed E-state index contributed by atoms with van der Waals surface area (Å²) in [7, 11) is 1.19. The van der Waals surface area contributed by atoms with Gasteiger partial charge in [0.1, 0.15) is 11.2 Å². The Hall–Kier alpha value is -3.10. The van der Waals surface area contributed by atoms with Crippen molar-refractivity contribution in [3.8, 4) is 0 Å². The normalized spacial score (nSPS) is 13.5. The number of methoxy groups -OCH3 is 1. The molecule has 0 aliphatic carbocycles. The van der Waals surface area contributed by atoms with Gasteiger partial charge in [0.2, 0.25) is 0 Å². The highest BCUT2D eigenvalue weighted by atomic mass is 16.6. The van der Waals surface area contributed by atoms with E-state index in [4.69, 9.17) is 14.2 Å². The summed E-state index contributed by atoms with van der Waals surface area (Å²) in [4.78, 5) is 48.6. The number of alkyl carbamates (subject to hydrolysis) is 1. The van der Waals surface area contributed by atoms with Crippen molar-refractivity contribution in [2.45, 2.75) is 72.6 Å². The Morgan fingerprint density at radius 1 is 0.970 bits per heavy atom. The third kappa shape index (κ3) is 9.51. The average Bonchev–Trinajstić information content (AvgIpc) is 2.66. The van der Waals surface area contributed by atoms with Crippen LogP contribution in [0, 0.1) is 11.8 Å². The molecule has 0 bridgehead atoms. The second-order valence-electron chi connectivity index (χ2n) is 9.80. The molecule has 0 heterocycles. The van der Waals surface area contributed by atoms with Crippen LogP contribution in [0.4, 0.5) is 4.79 Å². The monoisotopic (exact) mass is 465 g/mol. The fourth-order valence-corrected chi connectivity index (χ4v) is 2.96. The maximum Gasteiger partial charge on any atom is 0.407 e. The standard InChI is InChI=1S/C24H35NO8/c1-14(19(26)27)18(21(29)31-8)12-17-11-15(20(28)32-23(2,3)4)9-10-16(17)13-25-22(30)33-24(5,6)7/h9-11,14,18H,12-13H2,1-8H3,(H,25,30)(H,26,27). The molecule has 0 radical (unpaired) electrons. The van der Waals surface area contributed by atoms with Crippen LogP contribution in [-0.4, -0.2) is 47.4 Å². The topological polar surface area (TPSA) is 128 Å². The summed E-state index contributed by atoms with van der Waals surface area (Å²) in [5.74, 6) is -4.42. The smallest absolute Gasteiger partial charge is 0.407 e. The molecule has 2 atom stereocenters. The lowest BCUT2D eigenvalue weighted by atomic mass is 9.86. The van der Waals surface area contributed by atoms with Crippen LogP contribution >= 0.6 is 0 Å². The van der Waals surface area contributed by atoms with Gasteiger partial charge >= 0.3 is 24.0 Å². The molecule has 0 saturated heterocycles. The second kappa shape index (κ2) is 11.2. The van der Waals surface area contributed by atoms with Crippen molar-refractivity contribution >= 4 is 24.0 Å². The first-order valence-electron chi connectivity index (χ1n) is 10.7. The van der Waals surface area contributed by atoms with E-state index in [1.807, 2.05) is 0 Å². The summed E-state index contributed by atoms with van der Waals surface area (Å²) >= 11 is 0. The van der Waals surface area contributed by atoms with Gasteiger partial charge in [-0.3, -0.25) is 9.59 Å². The van der Waals surface area contributed by atoms with Gasteiger partial charge in [-0.2, -0.15) is 0 Å². The number of esters is 2. The first kappa shape index (κ1) is 27.9. The average molecular weight is 466 g/mol. The van der Waals surface area contributed by atoms with Crippen molar-refractivity contribution in [2.75, 3.05) is 7.11 Å². The molecule has 2 unspecified atom stereocenters. The molecule has 0 aromatic heterocycles. The number of nitrogens with one attached hydrogen (secondary N) is 1. The molecule has 1 aromatic carbocycles. The van der Waals surface area contributed by atoms with Gasteiger partial charge in [0.15, 0.2) is 0 Å². The number of hydrogen-bond donors (Lipinski definition) is 2. The first-order valence-corrected chi connectivity index (χ1v) is 10.7. The number of carboxylic acids is 1. The minimum atomic E-state index is -1.15. The number of carbonyl (C=O) groups excluding carboxylic acids is 3. The molecule has 0 saturated carbocycles. The Morgan fingerprint density at radius 3 is 2.03 bits per heavy atom. The van der Waals surface area contributed by atoms with Crippen LogP contribution in [0.3, 0.4) is 0 Å². The lowest BCUT2D eigenvalue weighted by molar-refractivity contribution is -0.155. The van der Waals surface area contributed by atoms with E-state index in [9.17, 15) is 24.3 Å². The summed E-state index contributed by atoms with van der Waals surface area (Å²) in [5.41, 5.74) is -0.0360. The molecule has 0 aliphatic heterocycles. The van der Waals surface area contributed by atoms with Crippen LogP contribution in [0.15, 0.2) is 18.2 Å². The summed E-state index contributed by atoms with van der Waals surface area (Å²) < 4.78 is 15.5. The molecule has 1 amide bonds. The zero-order valence-electron chi connectivity index (χ0n) is 20.6. The van der Waals surface area contributed by atoms with Gasteiger partial charge in [-0.05, 0) is 71.2 Å². The van der Waals surface area contributed by atoms with E-state index in [-0.39, 0.29) is 18.5 Å².